The molecule has 4 nitrogen and oxygen atoms in total. The Morgan fingerprint density at radius 2 is 1.94 bits per heavy atom. The molecule has 3 aromatic rings. The number of H-pyrrole nitrogens is 1. The number of halogens is 1. The summed E-state index contributed by atoms with van der Waals surface area (Å²) in [6.07, 6.45) is 0. The maximum Gasteiger partial charge on any atom is 0.331 e. The number of nitrogens with zero attached hydrogens (tertiary/aromatic N) is 1. The summed E-state index contributed by atoms with van der Waals surface area (Å²) < 4.78 is 14.6. The van der Waals surface area contributed by atoms with Crippen molar-refractivity contribution in [1.82, 2.24) is 9.55 Å². The van der Waals surface area contributed by atoms with E-state index in [0.29, 0.717) is 5.69 Å². The Labute approximate surface area is 101 Å². The van der Waals surface area contributed by atoms with Crippen LogP contribution in [-0.4, -0.2) is 9.55 Å². The smallest absolute Gasteiger partial charge is 0.331 e. The lowest BCUT2D eigenvalue weighted by molar-refractivity contribution is 0.632. The number of benzene rings is 2. The molecule has 2 aromatic carbocycles. The molecular weight excluding hydrogens is 233 g/mol. The van der Waals surface area contributed by atoms with Gasteiger partial charge in [-0.3, -0.25) is 4.57 Å². The van der Waals surface area contributed by atoms with Crippen LogP contribution in [-0.2, 0) is 0 Å². The molecule has 0 fully saturated rings. The molecular formula is C13H10FN3O. The fourth-order valence-corrected chi connectivity index (χ4v) is 1.98. The zero-order valence-corrected chi connectivity index (χ0v) is 9.35. The second-order valence-corrected chi connectivity index (χ2v) is 3.99. The molecule has 90 valence electrons. The number of nitrogen functional groups attached to an aromatic ring is 1. The van der Waals surface area contributed by atoms with Crippen molar-refractivity contribution in [1.29, 1.82) is 0 Å². The number of fused-ring (bicyclic) bond motifs is 1. The van der Waals surface area contributed by atoms with Gasteiger partial charge in [0.2, 0.25) is 0 Å². The van der Waals surface area contributed by atoms with E-state index < -0.39 is 5.82 Å². The number of nitrogens with two attached hydrogens (primary N) is 1. The van der Waals surface area contributed by atoms with Gasteiger partial charge in [-0.05, 0) is 30.3 Å². The van der Waals surface area contributed by atoms with E-state index in [1.165, 1.54) is 22.8 Å². The maximum absolute atomic E-state index is 13.1. The summed E-state index contributed by atoms with van der Waals surface area (Å²) in [5.41, 5.74) is 7.26. The molecule has 0 amide bonds. The largest absolute Gasteiger partial charge is 0.396 e. The van der Waals surface area contributed by atoms with Crippen LogP contribution in [0.25, 0.3) is 16.7 Å². The Bertz CT molecular complexity index is 788. The quantitative estimate of drug-likeness (QED) is 0.642. The van der Waals surface area contributed by atoms with Crippen LogP contribution in [0.3, 0.4) is 0 Å². The highest BCUT2D eigenvalue weighted by atomic mass is 19.1. The number of anilines is 1. The normalized spacial score (nSPS) is 10.9. The van der Waals surface area contributed by atoms with Crippen LogP contribution in [0.5, 0.6) is 0 Å². The van der Waals surface area contributed by atoms with Crippen LogP contribution in [0, 0.1) is 5.82 Å². The van der Waals surface area contributed by atoms with Crippen LogP contribution >= 0.6 is 0 Å². The van der Waals surface area contributed by atoms with Crippen molar-refractivity contribution >= 4 is 16.7 Å². The van der Waals surface area contributed by atoms with Crippen LogP contribution in [0.15, 0.2) is 47.3 Å². The lowest BCUT2D eigenvalue weighted by Gasteiger charge is -2.04. The summed E-state index contributed by atoms with van der Waals surface area (Å²) in [7, 11) is 0. The summed E-state index contributed by atoms with van der Waals surface area (Å²) in [5, 5.41) is 0. The zero-order chi connectivity index (χ0) is 12.7. The molecule has 0 aliphatic carbocycles. The predicted molar refractivity (Wildman–Crippen MR) is 68.3 cm³/mol. The molecule has 0 radical (unpaired) electrons. The molecule has 0 bridgehead atoms. The van der Waals surface area contributed by atoms with Gasteiger partial charge >= 0.3 is 5.69 Å². The number of aromatic nitrogens is 2. The van der Waals surface area contributed by atoms with Crippen molar-refractivity contribution in [3.8, 4) is 5.69 Å². The fourth-order valence-electron chi connectivity index (χ4n) is 1.98. The van der Waals surface area contributed by atoms with E-state index >= 15 is 0 Å². The van der Waals surface area contributed by atoms with Gasteiger partial charge in [0.25, 0.3) is 0 Å². The van der Waals surface area contributed by atoms with Gasteiger partial charge in [-0.25, -0.2) is 9.18 Å². The first-order chi connectivity index (χ1) is 8.66. The number of hydrogen-bond acceptors (Lipinski definition) is 2. The number of aromatic amines is 1. The SMILES string of the molecule is Nc1cc(-n2c(=O)[nH]c3ccccc32)ccc1F. The Kier molecular flexibility index (Phi) is 2.19. The average molecular weight is 243 g/mol. The molecule has 0 spiro atoms. The van der Waals surface area contributed by atoms with E-state index in [1.54, 1.807) is 6.07 Å². The lowest BCUT2D eigenvalue weighted by Crippen LogP contribution is -2.14. The Morgan fingerprint density at radius 1 is 1.17 bits per heavy atom. The van der Waals surface area contributed by atoms with Gasteiger partial charge in [-0.2, -0.15) is 0 Å². The van der Waals surface area contributed by atoms with Crippen molar-refractivity contribution < 1.29 is 4.39 Å². The third kappa shape index (κ3) is 1.48. The second-order valence-electron chi connectivity index (χ2n) is 3.99. The summed E-state index contributed by atoms with van der Waals surface area (Å²) in [6, 6.07) is 11.5. The Hall–Kier alpha value is -2.56. The fraction of sp³-hybridized carbons (Fsp3) is 0. The first-order valence-corrected chi connectivity index (χ1v) is 5.42. The van der Waals surface area contributed by atoms with Crippen molar-refractivity contribution in [2.75, 3.05) is 5.73 Å². The predicted octanol–water partition coefficient (Wildman–Crippen LogP) is 2.04. The third-order valence-corrected chi connectivity index (χ3v) is 2.83. The molecule has 0 saturated carbocycles. The molecule has 1 aromatic heterocycles. The minimum atomic E-state index is -0.494. The first kappa shape index (κ1) is 10.6. The monoisotopic (exact) mass is 243 g/mol. The second kappa shape index (κ2) is 3.73. The number of hydrogen-bond donors (Lipinski definition) is 2. The van der Waals surface area contributed by atoms with Crippen LogP contribution in [0.4, 0.5) is 10.1 Å². The minimum Gasteiger partial charge on any atom is -0.396 e. The van der Waals surface area contributed by atoms with Crippen molar-refractivity contribution in [3.63, 3.8) is 0 Å². The molecule has 3 rings (SSSR count). The van der Waals surface area contributed by atoms with E-state index in [4.69, 9.17) is 5.73 Å². The van der Waals surface area contributed by atoms with Crippen molar-refractivity contribution in [2.45, 2.75) is 0 Å². The first-order valence-electron chi connectivity index (χ1n) is 5.42. The van der Waals surface area contributed by atoms with E-state index in [1.807, 2.05) is 18.2 Å². The molecule has 0 aliphatic rings. The summed E-state index contributed by atoms with van der Waals surface area (Å²) in [6.45, 7) is 0. The molecule has 0 unspecified atom stereocenters. The minimum absolute atomic E-state index is 0.0182. The Balaban J connectivity index is 2.34. The van der Waals surface area contributed by atoms with E-state index in [0.717, 1.165) is 11.0 Å². The summed E-state index contributed by atoms with van der Waals surface area (Å²) >= 11 is 0. The summed E-state index contributed by atoms with van der Waals surface area (Å²) in [5.74, 6) is -0.494. The van der Waals surface area contributed by atoms with Crippen molar-refractivity contribution in [3.05, 3.63) is 58.8 Å². The third-order valence-electron chi connectivity index (χ3n) is 2.83. The Morgan fingerprint density at radius 3 is 2.72 bits per heavy atom. The zero-order valence-electron chi connectivity index (χ0n) is 9.35. The highest BCUT2D eigenvalue weighted by Crippen LogP contribution is 2.18. The standard InChI is InChI=1S/C13H10FN3O/c14-9-6-5-8(7-10(9)15)17-12-4-2-1-3-11(12)16-13(17)18/h1-7H,15H2,(H,16,18). The highest BCUT2D eigenvalue weighted by Gasteiger charge is 2.09. The van der Waals surface area contributed by atoms with Gasteiger partial charge in [0, 0.05) is 0 Å². The molecule has 5 heteroatoms. The van der Waals surface area contributed by atoms with Gasteiger partial charge < -0.3 is 10.7 Å². The van der Waals surface area contributed by atoms with Crippen LogP contribution in [0.2, 0.25) is 0 Å². The number of para-hydroxylation sites is 2. The molecule has 0 aliphatic heterocycles. The van der Waals surface area contributed by atoms with Crippen molar-refractivity contribution in [2.24, 2.45) is 0 Å². The van der Waals surface area contributed by atoms with Crippen LogP contribution in [0.1, 0.15) is 0 Å². The molecule has 18 heavy (non-hydrogen) atoms. The average Bonchev–Trinajstić information content (AvgIpc) is 2.69. The van der Waals surface area contributed by atoms with Crippen LogP contribution < -0.4 is 11.4 Å². The molecule has 0 saturated heterocycles. The number of rotatable bonds is 1. The van der Waals surface area contributed by atoms with Gasteiger partial charge in [0.05, 0.1) is 22.4 Å². The van der Waals surface area contributed by atoms with E-state index in [9.17, 15) is 9.18 Å². The molecule has 3 N–H and O–H groups in total. The van der Waals surface area contributed by atoms with Gasteiger partial charge in [-0.1, -0.05) is 12.1 Å². The summed E-state index contributed by atoms with van der Waals surface area (Å²) in [4.78, 5) is 14.6. The lowest BCUT2D eigenvalue weighted by atomic mass is 10.2. The van der Waals surface area contributed by atoms with E-state index in [-0.39, 0.29) is 11.4 Å². The number of nitrogens with one attached hydrogen (secondary N) is 1. The highest BCUT2D eigenvalue weighted by molar-refractivity contribution is 5.77. The number of imidazole rings is 1. The van der Waals surface area contributed by atoms with Gasteiger partial charge in [0.1, 0.15) is 5.82 Å². The molecule has 1 heterocycles. The van der Waals surface area contributed by atoms with Gasteiger partial charge in [-0.15, -0.1) is 0 Å². The van der Waals surface area contributed by atoms with Gasteiger partial charge in [0.15, 0.2) is 0 Å². The topological polar surface area (TPSA) is 63.8 Å². The van der Waals surface area contributed by atoms with E-state index in [2.05, 4.69) is 4.98 Å². The molecule has 0 atom stereocenters. The maximum atomic E-state index is 13.1.